The lowest BCUT2D eigenvalue weighted by Gasteiger charge is -1.98. The molecule has 2 aromatic rings. The zero-order valence-corrected chi connectivity index (χ0v) is 8.85. The molecule has 0 amide bonds. The fraction of sp³-hybridized carbons (Fsp3) is 0.125. The lowest BCUT2D eigenvalue weighted by molar-refractivity contribution is 0.0594. The second-order valence-electron chi connectivity index (χ2n) is 2.57. The van der Waals surface area contributed by atoms with Gasteiger partial charge < -0.3 is 4.74 Å². The lowest BCUT2D eigenvalue weighted by Crippen LogP contribution is -2.05. The summed E-state index contributed by atoms with van der Waals surface area (Å²) in [5.41, 5.74) is 0.856. The van der Waals surface area contributed by atoms with Crippen LogP contribution in [0.4, 0.5) is 0 Å². The van der Waals surface area contributed by atoms with Gasteiger partial charge in [-0.25, -0.2) is 14.3 Å². The van der Waals surface area contributed by atoms with E-state index < -0.39 is 5.97 Å². The van der Waals surface area contributed by atoms with Crippen molar-refractivity contribution in [2.24, 2.45) is 0 Å². The maximum atomic E-state index is 11.2. The van der Waals surface area contributed by atoms with Crippen molar-refractivity contribution >= 4 is 27.5 Å². The molecule has 0 bridgehead atoms. The van der Waals surface area contributed by atoms with Crippen molar-refractivity contribution in [2.45, 2.75) is 0 Å². The third-order valence-electron chi connectivity index (χ3n) is 1.72. The Kier molecular flexibility index (Phi) is 2.20. The first-order valence-electron chi connectivity index (χ1n) is 3.80. The third kappa shape index (κ3) is 1.37. The van der Waals surface area contributed by atoms with Gasteiger partial charge in [0, 0.05) is 6.20 Å². The van der Waals surface area contributed by atoms with E-state index in [0.29, 0.717) is 5.65 Å². The topological polar surface area (TPSA) is 56.5 Å². The molecule has 0 radical (unpaired) electrons. The fourth-order valence-corrected chi connectivity index (χ4v) is 1.42. The van der Waals surface area contributed by atoms with Crippen LogP contribution >= 0.6 is 15.9 Å². The quantitative estimate of drug-likeness (QED) is 0.721. The minimum absolute atomic E-state index is 0.265. The monoisotopic (exact) mass is 255 g/mol. The van der Waals surface area contributed by atoms with Gasteiger partial charge >= 0.3 is 5.97 Å². The lowest BCUT2D eigenvalue weighted by atomic mass is 10.4. The molecule has 0 aliphatic heterocycles. The van der Waals surface area contributed by atoms with E-state index in [1.165, 1.54) is 7.11 Å². The van der Waals surface area contributed by atoms with Crippen molar-refractivity contribution in [3.05, 3.63) is 28.6 Å². The average Bonchev–Trinajstić information content (AvgIpc) is 2.59. The summed E-state index contributed by atoms with van der Waals surface area (Å²) in [6, 6.07) is 1.55. The number of hydrogen-bond donors (Lipinski definition) is 0. The van der Waals surface area contributed by atoms with E-state index in [-0.39, 0.29) is 5.69 Å². The van der Waals surface area contributed by atoms with E-state index in [4.69, 9.17) is 0 Å². The second kappa shape index (κ2) is 3.38. The number of methoxy groups -OCH3 is 1. The maximum absolute atomic E-state index is 11.2. The number of nitrogens with zero attached hydrogens (tertiary/aromatic N) is 3. The van der Waals surface area contributed by atoms with E-state index in [0.717, 1.165) is 4.47 Å². The van der Waals surface area contributed by atoms with E-state index >= 15 is 0 Å². The van der Waals surface area contributed by atoms with Crippen molar-refractivity contribution in [3.63, 3.8) is 0 Å². The van der Waals surface area contributed by atoms with Crippen molar-refractivity contribution < 1.29 is 9.53 Å². The predicted molar refractivity (Wildman–Crippen MR) is 52.0 cm³/mol. The number of rotatable bonds is 1. The molecule has 2 rings (SSSR count). The first-order valence-corrected chi connectivity index (χ1v) is 4.60. The summed E-state index contributed by atoms with van der Waals surface area (Å²) in [7, 11) is 1.32. The van der Waals surface area contributed by atoms with Crippen LogP contribution in [-0.2, 0) is 4.74 Å². The van der Waals surface area contributed by atoms with Crippen LogP contribution in [-0.4, -0.2) is 27.7 Å². The summed E-state index contributed by atoms with van der Waals surface area (Å²) < 4.78 is 6.86. The third-order valence-corrected chi connectivity index (χ3v) is 2.28. The molecule has 0 aliphatic carbocycles. The van der Waals surface area contributed by atoms with Gasteiger partial charge in [0.2, 0.25) is 0 Å². The standard InChI is InChI=1S/C8H6BrN3O2/c1-14-8(13)6-2-3-12-7(11-6)5(9)4-10-12/h2-4H,1H3. The van der Waals surface area contributed by atoms with Crippen LogP contribution in [0.1, 0.15) is 10.5 Å². The highest BCUT2D eigenvalue weighted by molar-refractivity contribution is 9.10. The van der Waals surface area contributed by atoms with Gasteiger partial charge in [-0.3, -0.25) is 0 Å². The molecule has 0 fully saturated rings. The molecule has 14 heavy (non-hydrogen) atoms. The molecule has 0 unspecified atom stereocenters. The summed E-state index contributed by atoms with van der Waals surface area (Å²) in [6.07, 6.45) is 3.27. The number of ether oxygens (including phenoxy) is 1. The van der Waals surface area contributed by atoms with Crippen LogP contribution < -0.4 is 0 Å². The highest BCUT2D eigenvalue weighted by Crippen LogP contribution is 2.15. The van der Waals surface area contributed by atoms with Crippen molar-refractivity contribution in [3.8, 4) is 0 Å². The molecule has 2 heterocycles. The molecule has 0 saturated heterocycles. The Balaban J connectivity index is 2.60. The molecular formula is C8H6BrN3O2. The van der Waals surface area contributed by atoms with Gasteiger partial charge in [-0.15, -0.1) is 0 Å². The molecule has 0 aromatic carbocycles. The van der Waals surface area contributed by atoms with Crippen LogP contribution in [0.5, 0.6) is 0 Å². The number of hydrogen-bond acceptors (Lipinski definition) is 4. The zero-order chi connectivity index (χ0) is 10.1. The minimum Gasteiger partial charge on any atom is -0.464 e. The van der Waals surface area contributed by atoms with Gasteiger partial charge in [-0.1, -0.05) is 0 Å². The Bertz CT molecular complexity index is 494. The van der Waals surface area contributed by atoms with Crippen molar-refractivity contribution in [1.82, 2.24) is 14.6 Å². The highest BCUT2D eigenvalue weighted by atomic mass is 79.9. The Morgan fingerprint density at radius 1 is 1.64 bits per heavy atom. The summed E-state index contributed by atoms with van der Waals surface area (Å²) in [5.74, 6) is -0.458. The van der Waals surface area contributed by atoms with Crippen molar-refractivity contribution in [2.75, 3.05) is 7.11 Å². The maximum Gasteiger partial charge on any atom is 0.356 e. The second-order valence-corrected chi connectivity index (χ2v) is 3.42. The number of aromatic nitrogens is 3. The first kappa shape index (κ1) is 9.14. The van der Waals surface area contributed by atoms with Gasteiger partial charge in [0.1, 0.15) is 0 Å². The summed E-state index contributed by atoms with van der Waals surface area (Å²) in [4.78, 5) is 15.2. The van der Waals surface area contributed by atoms with Crippen LogP contribution in [0.15, 0.2) is 22.9 Å². The van der Waals surface area contributed by atoms with Gasteiger partial charge in [-0.2, -0.15) is 5.10 Å². The predicted octanol–water partition coefficient (Wildman–Crippen LogP) is 1.28. The van der Waals surface area contributed by atoms with Crippen LogP contribution in [0.2, 0.25) is 0 Å². The molecule has 0 saturated carbocycles. The largest absolute Gasteiger partial charge is 0.464 e. The number of halogens is 1. The molecule has 2 aromatic heterocycles. The van der Waals surface area contributed by atoms with Gasteiger partial charge in [0.05, 0.1) is 17.8 Å². The first-order chi connectivity index (χ1) is 6.72. The normalized spacial score (nSPS) is 10.4. The zero-order valence-electron chi connectivity index (χ0n) is 7.27. The van der Waals surface area contributed by atoms with Crippen molar-refractivity contribution in [1.29, 1.82) is 0 Å². The Labute approximate surface area is 87.8 Å². The smallest absolute Gasteiger partial charge is 0.356 e. The Hall–Kier alpha value is -1.43. The number of carbonyl (C=O) groups excluding carboxylic acids is 1. The molecule has 0 aliphatic rings. The van der Waals surface area contributed by atoms with Crippen LogP contribution in [0.25, 0.3) is 5.65 Å². The van der Waals surface area contributed by atoms with E-state index in [9.17, 15) is 4.79 Å². The Morgan fingerprint density at radius 2 is 2.43 bits per heavy atom. The summed E-state index contributed by atoms with van der Waals surface area (Å²) in [5, 5.41) is 4.00. The van der Waals surface area contributed by atoms with Crippen LogP contribution in [0.3, 0.4) is 0 Å². The summed E-state index contributed by atoms with van der Waals surface area (Å²) >= 11 is 3.27. The molecule has 0 spiro atoms. The summed E-state index contributed by atoms with van der Waals surface area (Å²) in [6.45, 7) is 0. The van der Waals surface area contributed by atoms with E-state index in [1.54, 1.807) is 23.0 Å². The number of fused-ring (bicyclic) bond motifs is 1. The van der Waals surface area contributed by atoms with Gasteiger partial charge in [0.15, 0.2) is 11.3 Å². The van der Waals surface area contributed by atoms with Gasteiger partial charge in [0.25, 0.3) is 0 Å². The SMILES string of the molecule is COC(=O)c1ccn2ncc(Br)c2n1. The number of esters is 1. The molecule has 6 heteroatoms. The van der Waals surface area contributed by atoms with Crippen LogP contribution in [0, 0.1) is 0 Å². The average molecular weight is 256 g/mol. The Morgan fingerprint density at radius 3 is 3.14 bits per heavy atom. The van der Waals surface area contributed by atoms with E-state index in [1.807, 2.05) is 0 Å². The highest BCUT2D eigenvalue weighted by Gasteiger charge is 2.09. The molecule has 0 atom stereocenters. The fourth-order valence-electron chi connectivity index (χ4n) is 1.06. The minimum atomic E-state index is -0.458. The van der Waals surface area contributed by atoms with Gasteiger partial charge in [-0.05, 0) is 22.0 Å². The van der Waals surface area contributed by atoms with E-state index in [2.05, 4.69) is 30.7 Å². The molecule has 5 nitrogen and oxygen atoms in total. The molecule has 72 valence electrons. The molecular weight excluding hydrogens is 250 g/mol. The number of carbonyl (C=O) groups is 1. The molecule has 0 N–H and O–H groups in total.